The minimum Gasteiger partial charge on any atom is -2.00 e. The first-order chi connectivity index (χ1) is 23.3. The molecular weight excluding hydrogens is 1120 g/mol. The maximum absolute atomic E-state index is 7.13. The van der Waals surface area contributed by atoms with Crippen LogP contribution in [-0.4, -0.2) is 84.6 Å². The van der Waals surface area contributed by atoms with Crippen LogP contribution in [0.3, 0.4) is 0 Å². The predicted octanol–water partition coefficient (Wildman–Crippen LogP) is 12.3. The quantitative estimate of drug-likeness (QED) is 0.0401. The standard InChI is InChI=1S/8C4H9.4CHNS.2O.4Sn/c8*1-3-4-2;4*2-1-3;;;;;;/h8*1,3-4H2,2H3;4*3H;;;;;;/q;;;;;;;;;;;;2*-2;4*+2/p-4. The van der Waals surface area contributed by atoms with Crippen molar-refractivity contribution >= 4 is 135 Å². The van der Waals surface area contributed by atoms with Gasteiger partial charge in [-0.05, 0) is 0 Å². The third-order valence-electron chi connectivity index (χ3n) is 5.66. The molecule has 0 saturated carbocycles. The zero-order valence-corrected chi connectivity index (χ0v) is 47.9. The molecule has 0 aromatic heterocycles. The van der Waals surface area contributed by atoms with E-state index in [0.29, 0.717) is 0 Å². The summed E-state index contributed by atoms with van der Waals surface area (Å²) >= 11 is 15.4. The van der Waals surface area contributed by atoms with E-state index in [0.717, 1.165) is 0 Å². The van der Waals surface area contributed by atoms with Gasteiger partial charge in [0.05, 0.1) is 0 Å². The Bertz CT molecular complexity index is 497. The van der Waals surface area contributed by atoms with Crippen molar-refractivity contribution in [2.45, 2.75) is 194 Å². The molecule has 0 fully saturated rings. The van der Waals surface area contributed by atoms with Gasteiger partial charge in [0, 0.05) is 0 Å². The predicted molar refractivity (Wildman–Crippen MR) is 234 cm³/mol. The second kappa shape index (κ2) is 110. The smallest absolute Gasteiger partial charge is 0.0797 e. The van der Waals surface area contributed by atoms with E-state index >= 15 is 0 Å². The van der Waals surface area contributed by atoms with Gasteiger partial charge in [-0.2, -0.15) is 0 Å². The largest absolute Gasteiger partial charge is 2.00 e. The molecule has 0 aliphatic carbocycles. The summed E-state index contributed by atoms with van der Waals surface area (Å²) in [6.45, 7) is 18.3. The zero-order valence-electron chi connectivity index (χ0n) is 33.2. The molecule has 0 spiro atoms. The monoisotopic (exact) mass is 1200 g/mol. The van der Waals surface area contributed by atoms with Crippen molar-refractivity contribution in [3.63, 3.8) is 0 Å². The van der Waals surface area contributed by atoms with Gasteiger partial charge in [0.1, 0.15) is 0 Å². The van der Waals surface area contributed by atoms with E-state index in [9.17, 15) is 0 Å². The fourth-order valence-electron chi connectivity index (χ4n) is 2.91. The Balaban J connectivity index is -0.0000000475. The molecule has 14 heteroatoms. The summed E-state index contributed by atoms with van der Waals surface area (Å²) in [5.74, 6) is 0. The van der Waals surface area contributed by atoms with Crippen molar-refractivity contribution in [3.8, 4) is 21.6 Å². The number of unbranched alkanes of at least 4 members (excludes halogenated alkanes) is 8. The van der Waals surface area contributed by atoms with E-state index in [2.05, 4.69) is 106 Å². The maximum atomic E-state index is 7.13. The molecule has 0 bridgehead atoms. The number of hydrogen-bond donors (Lipinski definition) is 0. The van der Waals surface area contributed by atoms with E-state index in [4.69, 9.17) is 21.0 Å². The number of thiocyanates is 4. The van der Waals surface area contributed by atoms with Gasteiger partial charge in [-0.15, -0.1) is 0 Å². The fourth-order valence-corrected chi connectivity index (χ4v) is 19.5. The number of nitrogens with zero attached hydrogens (tertiary/aromatic N) is 4. The summed E-state index contributed by atoms with van der Waals surface area (Å²) in [7, 11) is 0. The van der Waals surface area contributed by atoms with Gasteiger partial charge in [-0.3, -0.25) is 0 Å². The van der Waals surface area contributed by atoms with E-state index < -0.39 is 0 Å². The number of hydrogen-bond acceptors (Lipinski definition) is 8. The average Bonchev–Trinajstić information content (AvgIpc) is 3.07. The molecule has 288 valence electrons. The molecule has 0 aliphatic heterocycles. The van der Waals surface area contributed by atoms with Gasteiger partial charge < -0.3 is 61.5 Å². The third-order valence-corrected chi connectivity index (χ3v) is 21.8. The molecular formula is C36H72N4O2S4Sn4. The van der Waals surface area contributed by atoms with Crippen molar-refractivity contribution in [2.75, 3.05) is 0 Å². The van der Waals surface area contributed by atoms with Crippen molar-refractivity contribution < 1.29 is 11.0 Å². The molecule has 0 amide bonds. The molecule has 0 atom stereocenters. The normalized spacial score (nSPS) is 7.12. The summed E-state index contributed by atoms with van der Waals surface area (Å²) in [6, 6.07) is 0. The van der Waals surface area contributed by atoms with Gasteiger partial charge in [-0.1, -0.05) is 21.6 Å². The molecule has 0 aliphatic rings. The molecule has 0 N–H and O–H groups in total. The Kier molecular flexibility index (Phi) is 169. The van der Waals surface area contributed by atoms with E-state index in [-0.39, 0.29) is 95.5 Å². The zero-order chi connectivity index (χ0) is 38.6. The first kappa shape index (κ1) is 76.6. The van der Waals surface area contributed by atoms with Crippen LogP contribution in [0.2, 0.25) is 35.5 Å². The Labute approximate surface area is 377 Å². The Morgan fingerprint density at radius 2 is 0.380 bits per heavy atom. The number of nitriles is 4. The molecule has 0 saturated heterocycles. The first-order valence-electron chi connectivity index (χ1n) is 18.2. The van der Waals surface area contributed by atoms with Crippen molar-refractivity contribution in [3.05, 3.63) is 0 Å². The number of rotatable bonds is 24. The van der Waals surface area contributed by atoms with Crippen molar-refractivity contribution in [2.24, 2.45) is 0 Å². The molecule has 0 unspecified atom stereocenters. The topological polar surface area (TPSA) is 152 Å². The summed E-state index contributed by atoms with van der Waals surface area (Å²) in [5, 5.41) is 33.9. The van der Waals surface area contributed by atoms with Gasteiger partial charge in [0.2, 0.25) is 0 Å². The summed E-state index contributed by atoms with van der Waals surface area (Å²) in [4.78, 5) is 0. The van der Waals surface area contributed by atoms with E-state index in [1.807, 2.05) is 0 Å². The third kappa shape index (κ3) is 178. The minimum absolute atomic E-state index is 0. The molecule has 0 aromatic carbocycles. The van der Waals surface area contributed by atoms with Gasteiger partial charge >= 0.3 is 278 Å². The van der Waals surface area contributed by atoms with E-state index in [1.54, 1.807) is 35.5 Å². The fraction of sp³-hybridized carbons (Fsp3) is 0.889. The Hall–Kier alpha value is 1.95. The van der Waals surface area contributed by atoms with Crippen LogP contribution in [0.4, 0.5) is 0 Å². The molecule has 0 aromatic rings. The molecule has 6 nitrogen and oxygen atoms in total. The van der Waals surface area contributed by atoms with Crippen LogP contribution in [0.25, 0.3) is 0 Å². The SMILES string of the molecule is CCC[CH2][Sn+2][CH2]CCC.CCC[CH2][Sn+2][CH2]CCC.CCC[CH2][Sn+2][CH2]CCC.CCC[CH2][Sn+2][CH2]CCC.N#C[S-].N#C[S-].N#C[S-].N#C[S-].[O-2].[O-2]. The van der Waals surface area contributed by atoms with Gasteiger partial charge in [0.25, 0.3) is 0 Å². The van der Waals surface area contributed by atoms with Crippen LogP contribution >= 0.6 is 0 Å². The van der Waals surface area contributed by atoms with Crippen LogP contribution in [0.15, 0.2) is 0 Å². The van der Waals surface area contributed by atoms with Crippen LogP contribution in [0, 0.1) is 42.7 Å². The van der Waals surface area contributed by atoms with Crippen LogP contribution < -0.4 is 0 Å². The molecule has 0 radical (unpaired) electrons. The summed E-state index contributed by atoms with van der Waals surface area (Å²) in [6.07, 6.45) is 23.4. The van der Waals surface area contributed by atoms with Crippen molar-refractivity contribution in [1.29, 1.82) is 21.0 Å². The summed E-state index contributed by atoms with van der Waals surface area (Å²) in [5.41, 5.74) is 0. The van der Waals surface area contributed by atoms with E-state index in [1.165, 1.54) is 124 Å². The van der Waals surface area contributed by atoms with Crippen molar-refractivity contribution in [1.82, 2.24) is 0 Å². The second-order valence-corrected chi connectivity index (χ2v) is 28.0. The van der Waals surface area contributed by atoms with Gasteiger partial charge in [0.15, 0.2) is 0 Å². The molecule has 50 heavy (non-hydrogen) atoms. The maximum Gasteiger partial charge on any atom is -0.0797 e. The Morgan fingerprint density at radius 1 is 0.300 bits per heavy atom. The Morgan fingerprint density at radius 3 is 0.440 bits per heavy atom. The van der Waals surface area contributed by atoms with Crippen LogP contribution in [-0.2, 0) is 61.5 Å². The van der Waals surface area contributed by atoms with Gasteiger partial charge in [-0.25, -0.2) is 21.0 Å². The first-order valence-corrected chi connectivity index (χ1v) is 36.0. The molecule has 0 rings (SSSR count). The van der Waals surface area contributed by atoms with Crippen LogP contribution in [0.1, 0.15) is 158 Å². The van der Waals surface area contributed by atoms with Crippen LogP contribution in [0.5, 0.6) is 0 Å². The molecule has 0 heterocycles. The second-order valence-electron chi connectivity index (χ2n) is 10.2. The minimum atomic E-state index is 0. The summed E-state index contributed by atoms with van der Waals surface area (Å²) < 4.78 is 13.0. The average molecular weight is 1200 g/mol.